The smallest absolute Gasteiger partial charge is 0.326 e. The number of guanidine groups is 1. The number of nitrogens with two attached hydrogens (primary N) is 3. The third-order valence-electron chi connectivity index (χ3n) is 8.93. The number of aromatic amines is 1. The second-order valence-electron chi connectivity index (χ2n) is 13.9. The summed E-state index contributed by atoms with van der Waals surface area (Å²) in [5.41, 5.74) is 16.6. The van der Waals surface area contributed by atoms with E-state index in [1.807, 2.05) is 0 Å². The Hall–Kier alpha value is -7.66. The number of carbonyl (C=O) groups is 8. The highest BCUT2D eigenvalue weighted by molar-refractivity contribution is 7.80. The lowest BCUT2D eigenvalue weighted by Crippen LogP contribution is -2.59. The Labute approximate surface area is 372 Å². The van der Waals surface area contributed by atoms with Crippen LogP contribution in [-0.2, 0) is 40.1 Å². The number of benzene rings is 1. The fourth-order valence-electron chi connectivity index (χ4n) is 5.70. The molecule has 4 amide bonds. The molecule has 29 heteroatoms. The van der Waals surface area contributed by atoms with Crippen LogP contribution in [0.4, 0.5) is 11.6 Å². The summed E-state index contributed by atoms with van der Waals surface area (Å²) >= 11 is 3.86. The number of carboxylic acid groups (broad SMARTS) is 4. The van der Waals surface area contributed by atoms with E-state index in [4.69, 9.17) is 17.2 Å². The van der Waals surface area contributed by atoms with Crippen LogP contribution in [0.2, 0.25) is 0 Å². The van der Waals surface area contributed by atoms with Crippen LogP contribution in [0.5, 0.6) is 0 Å². The van der Waals surface area contributed by atoms with Gasteiger partial charge in [0, 0.05) is 30.0 Å². The zero-order valence-electron chi connectivity index (χ0n) is 34.1. The molecule has 0 saturated heterocycles. The molecule has 0 fully saturated rings. The molecular formula is C36H48N14O14S. The molecule has 0 bridgehead atoms. The topological polar surface area (TPSA) is 472 Å². The molecule has 1 aromatic carbocycles. The number of nitrogens with zero attached hydrogens (tertiary/aromatic N) is 4. The number of aliphatic carboxylic acids is 4. The lowest BCUT2D eigenvalue weighted by atomic mass is 10.1. The third-order valence-corrected chi connectivity index (χ3v) is 9.30. The molecule has 3 aromatic rings. The number of rotatable bonds is 27. The first-order valence-electron chi connectivity index (χ1n) is 19.2. The molecule has 0 aliphatic carbocycles. The molecule has 0 radical (unpaired) electrons. The molecule has 18 N–H and O–H groups in total. The highest BCUT2D eigenvalue weighted by Crippen LogP contribution is 2.13. The number of aliphatic hydroxyl groups is 1. The highest BCUT2D eigenvalue weighted by Gasteiger charge is 2.33. The van der Waals surface area contributed by atoms with E-state index in [1.54, 1.807) is 0 Å². The van der Waals surface area contributed by atoms with Gasteiger partial charge in [0.05, 0.1) is 37.3 Å². The number of aliphatic hydroxyl groups excluding tert-OH is 1. The van der Waals surface area contributed by atoms with Crippen molar-refractivity contribution in [1.29, 1.82) is 0 Å². The fourth-order valence-corrected chi connectivity index (χ4v) is 5.96. The van der Waals surface area contributed by atoms with E-state index in [9.17, 15) is 68.7 Å². The van der Waals surface area contributed by atoms with E-state index in [2.05, 4.69) is 69.5 Å². The average molecular weight is 933 g/mol. The number of aromatic nitrogens is 4. The second-order valence-corrected chi connectivity index (χ2v) is 14.3. The molecule has 28 nitrogen and oxygen atoms in total. The molecule has 65 heavy (non-hydrogen) atoms. The van der Waals surface area contributed by atoms with Gasteiger partial charge in [-0.25, -0.2) is 14.8 Å². The Morgan fingerprint density at radius 3 is 2.05 bits per heavy atom. The van der Waals surface area contributed by atoms with Crippen molar-refractivity contribution in [2.45, 2.75) is 81.5 Å². The van der Waals surface area contributed by atoms with Crippen molar-refractivity contribution in [1.82, 2.24) is 46.5 Å². The normalized spacial score (nSPS) is 13.7. The van der Waals surface area contributed by atoms with E-state index < -0.39 is 115 Å². The first-order chi connectivity index (χ1) is 30.7. The fraction of sp³-hybridized carbons (Fsp3) is 0.417. The Bertz CT molecular complexity index is 2310. The minimum absolute atomic E-state index is 0.00159. The van der Waals surface area contributed by atoms with Crippen LogP contribution in [0.25, 0.3) is 11.2 Å². The molecule has 0 aliphatic rings. The number of carbonyl (C=O) groups excluding carboxylic acids is 4. The summed E-state index contributed by atoms with van der Waals surface area (Å²) in [5.74, 6) is -11.0. The van der Waals surface area contributed by atoms with Gasteiger partial charge in [-0.3, -0.25) is 53.6 Å². The maximum absolute atomic E-state index is 13.5. The number of carboxylic acids is 4. The summed E-state index contributed by atoms with van der Waals surface area (Å²) in [4.78, 5) is 130. The summed E-state index contributed by atoms with van der Waals surface area (Å²) in [5, 5.41) is 62.8. The number of anilines is 2. The Balaban J connectivity index is 1.66. The standard InChI is InChI=1S/C36H48N14O14S/c37-35(38)40-9-1-2-18(29(57)47-21(11-25(54)55)31(59)48-22(14-65)34(63)64)45-30(58)20(10-24(52)53)44-23(51)8-7-19(33(61)62)46-28(56)15-3-5-16(6-4-15)41-12-17-13-42-27-26(43-17)32(60)50-36(39)49-27/h3-6,13,18-22,31,41,48,59,65H,1-2,7-12,14H2,(H,44,51)(H,45,58)(H,46,56)(H,47,57)(H,52,53)(H,54,55)(H,61,62)(H,63,64)(H4,37,38,40)(H3,39,42,49,50,60)/t18-,19-,20-,21-,22+,31?/m1/s1. The molecule has 0 saturated carbocycles. The summed E-state index contributed by atoms with van der Waals surface area (Å²) in [6, 6.07) is -2.49. The van der Waals surface area contributed by atoms with Gasteiger partial charge in [0.15, 0.2) is 17.1 Å². The van der Waals surface area contributed by atoms with Crippen molar-refractivity contribution in [3.05, 3.63) is 52.1 Å². The first-order valence-corrected chi connectivity index (χ1v) is 19.9. The van der Waals surface area contributed by atoms with Crippen LogP contribution >= 0.6 is 12.6 Å². The van der Waals surface area contributed by atoms with Crippen molar-refractivity contribution in [2.24, 2.45) is 16.5 Å². The van der Waals surface area contributed by atoms with E-state index >= 15 is 0 Å². The maximum Gasteiger partial charge on any atom is 0.326 e. The largest absolute Gasteiger partial charge is 0.481 e. The first kappa shape index (κ1) is 51.7. The van der Waals surface area contributed by atoms with Crippen LogP contribution in [-0.4, -0.2) is 148 Å². The number of H-pyrrole nitrogens is 1. The molecule has 3 rings (SSSR count). The van der Waals surface area contributed by atoms with Gasteiger partial charge >= 0.3 is 23.9 Å². The van der Waals surface area contributed by atoms with E-state index in [0.717, 1.165) is 0 Å². The number of nitrogen functional groups attached to an aromatic ring is 1. The lowest BCUT2D eigenvalue weighted by Gasteiger charge is -2.28. The third kappa shape index (κ3) is 17.2. The highest BCUT2D eigenvalue weighted by atomic mass is 32.1. The van der Waals surface area contributed by atoms with Gasteiger partial charge in [-0.15, -0.1) is 0 Å². The van der Waals surface area contributed by atoms with Crippen molar-refractivity contribution >= 4 is 88.9 Å². The van der Waals surface area contributed by atoms with Crippen molar-refractivity contribution in [2.75, 3.05) is 23.3 Å². The summed E-state index contributed by atoms with van der Waals surface area (Å²) in [6.45, 7) is 0.0369. The SMILES string of the molecule is NC(N)=NCCC[C@@H](NC(=O)[C@@H](CC(=O)O)NC(=O)CC[C@@H](NC(=O)c1ccc(NCc2cnc3nc(N)[nH]c(=O)c3n2)cc1)C(=O)O)C(=O)N[C@H](CC(=O)O)C(O)N[C@@H](CS)C(=O)O. The number of hydrogen-bond acceptors (Lipinski definition) is 18. The predicted molar refractivity (Wildman–Crippen MR) is 229 cm³/mol. The number of amides is 4. The van der Waals surface area contributed by atoms with Crippen molar-refractivity contribution in [3.63, 3.8) is 0 Å². The van der Waals surface area contributed by atoms with Gasteiger partial charge in [-0.05, 0) is 43.5 Å². The quantitative estimate of drug-likeness (QED) is 0.0113. The van der Waals surface area contributed by atoms with E-state index in [-0.39, 0.29) is 60.3 Å². The van der Waals surface area contributed by atoms with Crippen LogP contribution < -0.4 is 54.7 Å². The van der Waals surface area contributed by atoms with Gasteiger partial charge in [-0.1, -0.05) is 0 Å². The average Bonchev–Trinajstić information content (AvgIpc) is 3.23. The van der Waals surface area contributed by atoms with Crippen LogP contribution in [0.1, 0.15) is 54.6 Å². The molecule has 2 aromatic heterocycles. The van der Waals surface area contributed by atoms with Crippen molar-refractivity contribution in [3.8, 4) is 0 Å². The number of aliphatic imine (C=N–C) groups is 1. The lowest BCUT2D eigenvalue weighted by molar-refractivity contribution is -0.141. The summed E-state index contributed by atoms with van der Waals surface area (Å²) < 4.78 is 0. The van der Waals surface area contributed by atoms with Gasteiger partial charge in [0.2, 0.25) is 23.7 Å². The minimum Gasteiger partial charge on any atom is -0.481 e. The number of nitrogens with one attached hydrogen (secondary N) is 7. The van der Waals surface area contributed by atoms with E-state index in [1.165, 1.54) is 30.5 Å². The summed E-state index contributed by atoms with van der Waals surface area (Å²) in [7, 11) is 0. The van der Waals surface area contributed by atoms with Crippen LogP contribution in [0, 0.1) is 0 Å². The Morgan fingerprint density at radius 2 is 1.45 bits per heavy atom. The Kier molecular flexibility index (Phi) is 19.8. The second kappa shape index (κ2) is 24.8. The van der Waals surface area contributed by atoms with Gasteiger partial charge in [-0.2, -0.15) is 17.6 Å². The molecule has 1 unspecified atom stereocenters. The molecular weight excluding hydrogens is 885 g/mol. The predicted octanol–water partition coefficient (Wildman–Crippen LogP) is -4.38. The molecule has 352 valence electrons. The number of fused-ring (bicyclic) bond motifs is 1. The molecule has 0 aliphatic heterocycles. The van der Waals surface area contributed by atoms with Crippen LogP contribution in [0.3, 0.4) is 0 Å². The van der Waals surface area contributed by atoms with Gasteiger partial charge < -0.3 is 69.3 Å². The number of hydrogen-bond donors (Lipinski definition) is 16. The molecule has 2 heterocycles. The van der Waals surface area contributed by atoms with E-state index in [0.29, 0.717) is 11.4 Å². The van der Waals surface area contributed by atoms with Gasteiger partial charge in [0.25, 0.3) is 11.5 Å². The molecule has 0 spiro atoms. The zero-order valence-corrected chi connectivity index (χ0v) is 35.0. The number of thiol groups is 1. The Morgan fingerprint density at radius 1 is 0.800 bits per heavy atom. The van der Waals surface area contributed by atoms with Crippen LogP contribution in [0.15, 0.2) is 40.2 Å². The maximum atomic E-state index is 13.5. The molecule has 6 atom stereocenters. The van der Waals surface area contributed by atoms with Gasteiger partial charge in [0.1, 0.15) is 30.4 Å². The monoisotopic (exact) mass is 932 g/mol. The summed E-state index contributed by atoms with van der Waals surface area (Å²) in [6.07, 6.45) is -3.98. The van der Waals surface area contributed by atoms with Crippen molar-refractivity contribution < 1.29 is 63.9 Å². The zero-order chi connectivity index (χ0) is 48.4. The minimum atomic E-state index is -1.96.